The van der Waals surface area contributed by atoms with Crippen molar-refractivity contribution in [2.45, 2.75) is 19.3 Å². The maximum Gasteiger partial charge on any atom is 0.262 e. The predicted octanol–water partition coefficient (Wildman–Crippen LogP) is 7.23. The normalized spacial score (nSPS) is 16.0. The lowest BCUT2D eigenvalue weighted by Crippen LogP contribution is -2.31. The lowest BCUT2D eigenvalue weighted by atomic mass is 9.84. The maximum absolute atomic E-state index is 2.32. The molecule has 5 rings (SSSR count). The van der Waals surface area contributed by atoms with Crippen molar-refractivity contribution in [1.82, 2.24) is 0 Å². The molecule has 0 atom stereocenters. The van der Waals surface area contributed by atoms with Gasteiger partial charge >= 0.3 is 0 Å². The van der Waals surface area contributed by atoms with E-state index in [1.54, 1.807) is 0 Å². The number of thiazole rings is 1. The van der Waals surface area contributed by atoms with Gasteiger partial charge in [-0.2, -0.15) is 4.57 Å². The Labute approximate surface area is 200 Å². The first-order valence-corrected chi connectivity index (χ1v) is 12.2. The Morgan fingerprint density at radius 3 is 2.09 bits per heavy atom. The summed E-state index contributed by atoms with van der Waals surface area (Å²) in [7, 11) is 4.33. The zero-order valence-electron chi connectivity index (χ0n) is 19.6. The highest BCUT2D eigenvalue weighted by Crippen LogP contribution is 2.46. The van der Waals surface area contributed by atoms with Crippen LogP contribution in [0.4, 0.5) is 5.69 Å². The van der Waals surface area contributed by atoms with Gasteiger partial charge in [0.25, 0.3) is 5.01 Å². The first kappa shape index (κ1) is 21.4. The van der Waals surface area contributed by atoms with Crippen molar-refractivity contribution in [2.24, 2.45) is 7.05 Å². The van der Waals surface area contributed by atoms with Gasteiger partial charge in [-0.3, -0.25) is 0 Å². The Kier molecular flexibility index (Phi) is 5.51. The van der Waals surface area contributed by atoms with E-state index in [9.17, 15) is 0 Å². The molecule has 0 spiro atoms. The first-order valence-electron chi connectivity index (χ1n) is 11.3. The molecule has 0 amide bonds. The molecule has 0 saturated heterocycles. The molecule has 0 aliphatic carbocycles. The fourth-order valence-electron chi connectivity index (χ4n) is 4.86. The monoisotopic (exact) mass is 449 g/mol. The van der Waals surface area contributed by atoms with Crippen LogP contribution in [0, 0.1) is 0 Å². The molecule has 0 radical (unpaired) electrons. The fraction of sp³-hybridized carbons (Fsp3) is 0.167. The molecule has 33 heavy (non-hydrogen) atoms. The zero-order chi connectivity index (χ0) is 23.0. The molecule has 2 heterocycles. The number of likely N-dealkylation sites (N-methyl/N-ethyl adjacent to an activating group) is 1. The molecule has 0 saturated carbocycles. The Hall–Kier alpha value is -3.43. The van der Waals surface area contributed by atoms with Gasteiger partial charge in [0.2, 0.25) is 5.69 Å². The minimum Gasteiger partial charge on any atom is -0.347 e. The smallest absolute Gasteiger partial charge is 0.262 e. The van der Waals surface area contributed by atoms with E-state index in [1.807, 2.05) is 11.3 Å². The van der Waals surface area contributed by atoms with E-state index >= 15 is 0 Å². The van der Waals surface area contributed by atoms with E-state index in [4.69, 9.17) is 0 Å². The van der Waals surface area contributed by atoms with Gasteiger partial charge in [0.1, 0.15) is 11.9 Å². The van der Waals surface area contributed by atoms with Crippen molar-refractivity contribution < 1.29 is 4.57 Å². The van der Waals surface area contributed by atoms with Crippen LogP contribution in [-0.2, 0) is 12.5 Å². The van der Waals surface area contributed by atoms with Crippen molar-refractivity contribution in [2.75, 3.05) is 11.9 Å². The third kappa shape index (κ3) is 3.73. The van der Waals surface area contributed by atoms with Gasteiger partial charge in [0.15, 0.2) is 0 Å². The average Bonchev–Trinajstić information content (AvgIpc) is 3.27. The van der Waals surface area contributed by atoms with E-state index in [0.717, 1.165) is 0 Å². The van der Waals surface area contributed by atoms with Crippen LogP contribution >= 0.6 is 11.3 Å². The van der Waals surface area contributed by atoms with Gasteiger partial charge in [0.05, 0.1) is 0 Å². The molecule has 0 fully saturated rings. The Balaban J connectivity index is 1.56. The van der Waals surface area contributed by atoms with Crippen LogP contribution in [-0.4, -0.2) is 7.05 Å². The molecule has 1 aliphatic rings. The summed E-state index contributed by atoms with van der Waals surface area (Å²) in [4.78, 5) is 3.61. The first-order chi connectivity index (χ1) is 16.0. The van der Waals surface area contributed by atoms with Crippen molar-refractivity contribution in [3.05, 3.63) is 113 Å². The van der Waals surface area contributed by atoms with Crippen LogP contribution in [0.5, 0.6) is 0 Å². The summed E-state index contributed by atoms with van der Waals surface area (Å²) in [6, 6.07) is 30.1. The van der Waals surface area contributed by atoms with Crippen LogP contribution in [0.1, 0.15) is 24.4 Å². The summed E-state index contributed by atoms with van der Waals surface area (Å²) in [6.07, 6.45) is 6.71. The summed E-state index contributed by atoms with van der Waals surface area (Å²) in [5.74, 6) is 0. The summed E-state index contributed by atoms with van der Waals surface area (Å²) in [6.45, 7) is 4.61. The van der Waals surface area contributed by atoms with E-state index in [0.29, 0.717) is 0 Å². The van der Waals surface area contributed by atoms with Crippen LogP contribution in [0.2, 0.25) is 0 Å². The number of rotatable bonds is 4. The van der Waals surface area contributed by atoms with Crippen molar-refractivity contribution in [1.29, 1.82) is 0 Å². The number of fused-ring (bicyclic) bond motifs is 1. The molecule has 3 aromatic carbocycles. The van der Waals surface area contributed by atoms with E-state index in [2.05, 4.69) is 141 Å². The van der Waals surface area contributed by atoms with Gasteiger partial charge < -0.3 is 4.90 Å². The highest BCUT2D eigenvalue weighted by Gasteiger charge is 2.37. The summed E-state index contributed by atoms with van der Waals surface area (Å²) in [5.41, 5.74) is 7.71. The lowest BCUT2D eigenvalue weighted by Gasteiger charge is -2.23. The molecule has 1 aromatic heterocycles. The van der Waals surface area contributed by atoms with Crippen LogP contribution in [0.3, 0.4) is 0 Å². The van der Waals surface area contributed by atoms with Gasteiger partial charge in [-0.1, -0.05) is 98.0 Å². The third-order valence-corrected chi connectivity index (χ3v) is 7.86. The summed E-state index contributed by atoms with van der Waals surface area (Å²) >= 11 is 1.84. The van der Waals surface area contributed by atoms with E-state index in [-0.39, 0.29) is 5.41 Å². The van der Waals surface area contributed by atoms with Crippen molar-refractivity contribution in [3.63, 3.8) is 0 Å². The standard InChI is InChI=1S/C30H29N2S/c1-30(2)24-18-11-12-19-25(24)31(3)26(30)20-13-21-27-32(4)28(22-14-7-5-8-15-22)29(33-27)23-16-9-6-10-17-23/h5-21H,1-4H3/q+1. The minimum atomic E-state index is -0.0162. The molecule has 164 valence electrons. The number of allylic oxidation sites excluding steroid dienone is 3. The largest absolute Gasteiger partial charge is 0.347 e. The minimum absolute atomic E-state index is 0.0162. The highest BCUT2D eigenvalue weighted by atomic mass is 32.1. The number of para-hydroxylation sites is 1. The van der Waals surface area contributed by atoms with Gasteiger partial charge in [-0.25, -0.2) is 0 Å². The molecule has 2 nitrogen and oxygen atoms in total. The Bertz CT molecular complexity index is 1340. The summed E-state index contributed by atoms with van der Waals surface area (Å²) in [5, 5.41) is 1.22. The molecular formula is C30H29N2S+. The molecule has 4 aromatic rings. The number of hydrogen-bond donors (Lipinski definition) is 0. The SMILES string of the molecule is CN1C(=CC=Cc2sc(-c3ccccc3)c(-c3ccccc3)[n+]2C)C(C)(C)c2ccccc21. The molecule has 0 unspecified atom stereocenters. The van der Waals surface area contributed by atoms with Crippen LogP contribution in [0.25, 0.3) is 27.8 Å². The van der Waals surface area contributed by atoms with E-state index < -0.39 is 0 Å². The van der Waals surface area contributed by atoms with E-state index in [1.165, 1.54) is 43.7 Å². The Morgan fingerprint density at radius 2 is 1.42 bits per heavy atom. The number of anilines is 1. The van der Waals surface area contributed by atoms with Gasteiger partial charge in [0, 0.05) is 35.5 Å². The number of benzene rings is 3. The molecule has 3 heteroatoms. The second-order valence-electron chi connectivity index (χ2n) is 9.02. The van der Waals surface area contributed by atoms with Crippen LogP contribution in [0.15, 0.2) is 103 Å². The number of aromatic nitrogens is 1. The lowest BCUT2D eigenvalue weighted by molar-refractivity contribution is -0.656. The zero-order valence-corrected chi connectivity index (χ0v) is 20.4. The quantitative estimate of drug-likeness (QED) is 0.298. The van der Waals surface area contributed by atoms with Crippen molar-refractivity contribution >= 4 is 23.1 Å². The second kappa shape index (κ2) is 8.49. The van der Waals surface area contributed by atoms with Gasteiger partial charge in [-0.15, -0.1) is 0 Å². The fourth-order valence-corrected chi connectivity index (χ4v) is 6.05. The second-order valence-corrected chi connectivity index (χ2v) is 10.1. The highest BCUT2D eigenvalue weighted by molar-refractivity contribution is 7.16. The maximum atomic E-state index is 2.32. The number of nitrogens with zero attached hydrogens (tertiary/aromatic N) is 2. The van der Waals surface area contributed by atoms with Crippen molar-refractivity contribution in [3.8, 4) is 21.7 Å². The molecule has 0 N–H and O–H groups in total. The summed E-state index contributed by atoms with van der Waals surface area (Å²) < 4.78 is 2.32. The number of hydrogen-bond acceptors (Lipinski definition) is 2. The average molecular weight is 450 g/mol. The Morgan fingerprint density at radius 1 is 0.818 bits per heavy atom. The predicted molar refractivity (Wildman–Crippen MR) is 141 cm³/mol. The molecule has 1 aliphatic heterocycles. The van der Waals surface area contributed by atoms with Crippen LogP contribution < -0.4 is 9.47 Å². The molecular weight excluding hydrogens is 420 g/mol. The molecule has 0 bridgehead atoms. The topological polar surface area (TPSA) is 7.12 Å². The third-order valence-electron chi connectivity index (χ3n) is 6.60. The van der Waals surface area contributed by atoms with Gasteiger partial charge in [-0.05, 0) is 35.4 Å².